The molecule has 0 saturated carbocycles. The second-order valence-electron chi connectivity index (χ2n) is 7.73. The van der Waals surface area contributed by atoms with Crippen LogP contribution in [0.4, 0.5) is 10.5 Å². The fourth-order valence-electron chi connectivity index (χ4n) is 4.05. The van der Waals surface area contributed by atoms with Crippen LogP contribution in [-0.4, -0.2) is 34.7 Å². The number of benzene rings is 2. The number of anilines is 1. The molecule has 0 spiro atoms. The first-order valence-electron chi connectivity index (χ1n) is 10.7. The second kappa shape index (κ2) is 9.43. The smallest absolute Gasteiger partial charge is 0.411 e. The molecule has 4 aromatic rings. The first-order valence-corrected chi connectivity index (χ1v) is 11.5. The van der Waals surface area contributed by atoms with E-state index in [-0.39, 0.29) is 36.2 Å². The van der Waals surface area contributed by atoms with Crippen molar-refractivity contribution in [1.82, 2.24) is 10.3 Å². The summed E-state index contributed by atoms with van der Waals surface area (Å²) in [5.41, 5.74) is 4.51. The maximum Gasteiger partial charge on any atom is 0.411 e. The molecule has 5 rings (SSSR count). The summed E-state index contributed by atoms with van der Waals surface area (Å²) in [6, 6.07) is 17.5. The summed E-state index contributed by atoms with van der Waals surface area (Å²) in [5, 5.41) is 15.9. The van der Waals surface area contributed by atoms with Crippen molar-refractivity contribution in [2.45, 2.75) is 12.5 Å². The van der Waals surface area contributed by atoms with Gasteiger partial charge in [0, 0.05) is 17.4 Å². The largest absolute Gasteiger partial charge is 0.476 e. The number of nitrogens with zero attached hydrogens (tertiary/aromatic N) is 1. The highest BCUT2D eigenvalue weighted by Crippen LogP contribution is 2.44. The number of thiazole rings is 1. The van der Waals surface area contributed by atoms with E-state index in [1.165, 1.54) is 17.7 Å². The Bertz CT molecular complexity index is 1380. The summed E-state index contributed by atoms with van der Waals surface area (Å²) in [4.78, 5) is 39.9. The van der Waals surface area contributed by atoms with E-state index in [1.54, 1.807) is 0 Å². The molecule has 10 heteroatoms. The van der Waals surface area contributed by atoms with Gasteiger partial charge < -0.3 is 19.6 Å². The number of aromatic nitrogens is 1. The molecule has 35 heavy (non-hydrogen) atoms. The van der Waals surface area contributed by atoms with Crippen LogP contribution in [-0.2, 0) is 11.3 Å². The number of carboxylic acid groups (broad SMARTS) is 1. The number of carboxylic acids is 1. The lowest BCUT2D eigenvalue weighted by Crippen LogP contribution is -2.24. The summed E-state index contributed by atoms with van der Waals surface area (Å²) < 4.78 is 10.8. The Hall–Kier alpha value is -4.44. The SMILES string of the molecule is O=C(Nc1ccoc1C(=O)NCc1nc(C(=O)O)cs1)OCC1c2ccccc2-c2ccccc21. The molecule has 0 bridgehead atoms. The lowest BCUT2D eigenvalue weighted by atomic mass is 9.98. The molecule has 2 heterocycles. The highest BCUT2D eigenvalue weighted by atomic mass is 32.1. The fraction of sp³-hybridized carbons (Fsp3) is 0.120. The van der Waals surface area contributed by atoms with Crippen molar-refractivity contribution >= 4 is 35.0 Å². The third kappa shape index (κ3) is 4.51. The average Bonchev–Trinajstić information content (AvgIpc) is 3.59. The molecule has 9 nitrogen and oxygen atoms in total. The molecule has 176 valence electrons. The van der Waals surface area contributed by atoms with Crippen LogP contribution in [0, 0.1) is 0 Å². The van der Waals surface area contributed by atoms with E-state index < -0.39 is 18.0 Å². The number of amides is 2. The van der Waals surface area contributed by atoms with Gasteiger partial charge in [0.15, 0.2) is 5.69 Å². The maximum absolute atomic E-state index is 12.5. The van der Waals surface area contributed by atoms with Gasteiger partial charge in [0.05, 0.1) is 18.5 Å². The molecular formula is C25H19N3O6S. The highest BCUT2D eigenvalue weighted by Gasteiger charge is 2.29. The predicted octanol–water partition coefficient (Wildman–Crippen LogP) is 4.73. The number of carbonyl (C=O) groups excluding carboxylic acids is 2. The van der Waals surface area contributed by atoms with E-state index in [0.29, 0.717) is 5.01 Å². The van der Waals surface area contributed by atoms with Crippen LogP contribution >= 0.6 is 11.3 Å². The first kappa shape index (κ1) is 22.4. The molecular weight excluding hydrogens is 470 g/mol. The maximum atomic E-state index is 12.5. The molecule has 0 unspecified atom stereocenters. The molecule has 2 amide bonds. The van der Waals surface area contributed by atoms with Crippen LogP contribution in [0.3, 0.4) is 0 Å². The van der Waals surface area contributed by atoms with Gasteiger partial charge in [-0.25, -0.2) is 14.6 Å². The van der Waals surface area contributed by atoms with Gasteiger partial charge >= 0.3 is 12.1 Å². The lowest BCUT2D eigenvalue weighted by Gasteiger charge is -2.14. The second-order valence-corrected chi connectivity index (χ2v) is 8.67. The number of carbonyl (C=O) groups is 3. The van der Waals surface area contributed by atoms with E-state index in [2.05, 4.69) is 27.8 Å². The van der Waals surface area contributed by atoms with Gasteiger partial charge in [-0.15, -0.1) is 11.3 Å². The highest BCUT2D eigenvalue weighted by molar-refractivity contribution is 7.09. The van der Waals surface area contributed by atoms with E-state index in [0.717, 1.165) is 33.6 Å². The van der Waals surface area contributed by atoms with Crippen LogP contribution < -0.4 is 10.6 Å². The van der Waals surface area contributed by atoms with Gasteiger partial charge in [-0.05, 0) is 22.3 Å². The zero-order valence-corrected chi connectivity index (χ0v) is 19.0. The van der Waals surface area contributed by atoms with Gasteiger partial charge in [-0.2, -0.15) is 0 Å². The summed E-state index contributed by atoms with van der Waals surface area (Å²) in [6.07, 6.45) is 0.563. The van der Waals surface area contributed by atoms with E-state index in [4.69, 9.17) is 14.3 Å². The van der Waals surface area contributed by atoms with Gasteiger partial charge in [0.2, 0.25) is 5.76 Å². The minimum absolute atomic E-state index is 0.0157. The van der Waals surface area contributed by atoms with E-state index in [1.807, 2.05) is 36.4 Å². The van der Waals surface area contributed by atoms with E-state index in [9.17, 15) is 14.4 Å². The topological polar surface area (TPSA) is 131 Å². The Labute approximate surface area is 203 Å². The van der Waals surface area contributed by atoms with Gasteiger partial charge in [0.1, 0.15) is 11.6 Å². The van der Waals surface area contributed by atoms with Crippen molar-refractivity contribution in [2.75, 3.05) is 11.9 Å². The third-order valence-electron chi connectivity index (χ3n) is 5.62. The number of furan rings is 1. The van der Waals surface area contributed by atoms with Crippen molar-refractivity contribution in [1.29, 1.82) is 0 Å². The number of rotatable bonds is 7. The molecule has 0 radical (unpaired) electrons. The summed E-state index contributed by atoms with van der Waals surface area (Å²) >= 11 is 1.11. The van der Waals surface area contributed by atoms with Crippen LogP contribution in [0.1, 0.15) is 43.1 Å². The fourth-order valence-corrected chi connectivity index (χ4v) is 4.76. The first-order chi connectivity index (χ1) is 17.0. The molecule has 0 atom stereocenters. The van der Waals surface area contributed by atoms with Crippen LogP contribution in [0.5, 0.6) is 0 Å². The standard InChI is InChI=1S/C25H19N3O6S/c29-23(26-11-21-27-20(13-35-21)24(30)31)22-19(9-10-33-22)28-25(32)34-12-18-16-7-3-1-5-14(16)15-6-2-4-8-17(15)18/h1-10,13,18H,11-12H2,(H,26,29)(H,28,32)(H,30,31). The third-order valence-corrected chi connectivity index (χ3v) is 6.47. The molecule has 1 aliphatic carbocycles. The summed E-state index contributed by atoms with van der Waals surface area (Å²) in [5.74, 6) is -1.92. The number of hydrogen-bond acceptors (Lipinski definition) is 7. The molecule has 0 aliphatic heterocycles. The van der Waals surface area contributed by atoms with Crippen LogP contribution in [0.2, 0.25) is 0 Å². The van der Waals surface area contributed by atoms with E-state index >= 15 is 0 Å². The van der Waals surface area contributed by atoms with Crippen molar-refractivity contribution in [2.24, 2.45) is 0 Å². The number of nitrogens with one attached hydrogen (secondary N) is 2. The zero-order valence-electron chi connectivity index (χ0n) is 18.2. The molecule has 1 aliphatic rings. The van der Waals surface area contributed by atoms with Gasteiger partial charge in [0.25, 0.3) is 5.91 Å². The van der Waals surface area contributed by atoms with Crippen molar-refractivity contribution in [3.05, 3.63) is 93.8 Å². The van der Waals surface area contributed by atoms with Crippen molar-refractivity contribution in [3.8, 4) is 11.1 Å². The minimum Gasteiger partial charge on any atom is -0.476 e. The molecule has 0 saturated heterocycles. The zero-order chi connectivity index (χ0) is 24.4. The Kier molecular flexibility index (Phi) is 6.02. The van der Waals surface area contributed by atoms with Crippen LogP contribution in [0.25, 0.3) is 11.1 Å². The van der Waals surface area contributed by atoms with Crippen LogP contribution in [0.15, 0.2) is 70.7 Å². The summed E-state index contributed by atoms with van der Waals surface area (Å²) in [6.45, 7) is 0.150. The van der Waals surface area contributed by atoms with Gasteiger partial charge in [-0.1, -0.05) is 48.5 Å². The Balaban J connectivity index is 1.20. The molecule has 3 N–H and O–H groups in total. The normalized spacial score (nSPS) is 12.0. The van der Waals surface area contributed by atoms with Gasteiger partial charge in [-0.3, -0.25) is 10.1 Å². The number of hydrogen-bond donors (Lipinski definition) is 3. The molecule has 2 aromatic carbocycles. The molecule has 0 fully saturated rings. The minimum atomic E-state index is -1.14. The number of aromatic carboxylic acids is 1. The average molecular weight is 490 g/mol. The van der Waals surface area contributed by atoms with Crippen molar-refractivity contribution < 1.29 is 28.6 Å². The molecule has 2 aromatic heterocycles. The Morgan fingerprint density at radius 2 is 1.71 bits per heavy atom. The summed E-state index contributed by atoms with van der Waals surface area (Å²) in [7, 11) is 0. The number of ether oxygens (including phenoxy) is 1. The lowest BCUT2D eigenvalue weighted by molar-refractivity contribution is 0.0691. The number of fused-ring (bicyclic) bond motifs is 3. The predicted molar refractivity (Wildman–Crippen MR) is 128 cm³/mol. The monoisotopic (exact) mass is 489 g/mol. The quantitative estimate of drug-likeness (QED) is 0.342. The Morgan fingerprint density at radius 3 is 2.37 bits per heavy atom. The Morgan fingerprint density at radius 1 is 1.03 bits per heavy atom. The van der Waals surface area contributed by atoms with Crippen molar-refractivity contribution in [3.63, 3.8) is 0 Å².